The highest BCUT2D eigenvalue weighted by Crippen LogP contribution is 2.29. The Morgan fingerprint density at radius 1 is 0.811 bits per heavy atom. The number of methoxy groups -OCH3 is 2. The topological polar surface area (TPSA) is 82.1 Å². The number of rotatable bonds is 14. The minimum Gasteiger partial charge on any atom is -0.504 e. The summed E-state index contributed by atoms with van der Waals surface area (Å²) in [4.78, 5) is 24.4. The molecular formula is C31H36O6. The van der Waals surface area contributed by atoms with Crippen molar-refractivity contribution in [3.8, 4) is 23.0 Å². The van der Waals surface area contributed by atoms with E-state index in [1.54, 1.807) is 43.5 Å². The predicted molar refractivity (Wildman–Crippen MR) is 148 cm³/mol. The molecule has 2 aromatic rings. The number of carbonyl (C=O) groups excluding carboxylic acids is 2. The highest BCUT2D eigenvalue weighted by molar-refractivity contribution is 6.10. The fourth-order valence-corrected chi connectivity index (χ4v) is 3.34. The first-order valence-electron chi connectivity index (χ1n) is 12.1. The maximum atomic E-state index is 12.3. The van der Waals surface area contributed by atoms with Gasteiger partial charge in [0.2, 0.25) is 0 Å². The number of ketones is 2. The Balaban J connectivity index is 1.91. The molecule has 0 bridgehead atoms. The molecule has 2 rings (SSSR count). The van der Waals surface area contributed by atoms with Gasteiger partial charge in [-0.3, -0.25) is 9.59 Å². The van der Waals surface area contributed by atoms with Gasteiger partial charge in [0.15, 0.2) is 34.6 Å². The summed E-state index contributed by atoms with van der Waals surface area (Å²) in [5.41, 5.74) is 4.02. The van der Waals surface area contributed by atoms with Crippen LogP contribution in [0.25, 0.3) is 12.2 Å². The number of allylic oxidation sites excluding steroid dienone is 5. The Hall–Kier alpha value is -4.06. The fourth-order valence-electron chi connectivity index (χ4n) is 3.34. The number of aromatic hydroxyl groups is 1. The summed E-state index contributed by atoms with van der Waals surface area (Å²) >= 11 is 0. The second kappa shape index (κ2) is 15.1. The van der Waals surface area contributed by atoms with Crippen LogP contribution in [0.3, 0.4) is 0 Å². The van der Waals surface area contributed by atoms with E-state index < -0.39 is 0 Å². The van der Waals surface area contributed by atoms with E-state index >= 15 is 0 Å². The molecule has 0 saturated carbocycles. The van der Waals surface area contributed by atoms with Crippen LogP contribution in [0.2, 0.25) is 0 Å². The summed E-state index contributed by atoms with van der Waals surface area (Å²) in [5.74, 6) is 0.861. The quantitative estimate of drug-likeness (QED) is 0.174. The summed E-state index contributed by atoms with van der Waals surface area (Å²) in [7, 11) is 3.01. The van der Waals surface area contributed by atoms with E-state index in [-0.39, 0.29) is 23.7 Å². The number of hydrogen-bond donors (Lipinski definition) is 1. The number of phenolic OH excluding ortho intramolecular Hbond substituents is 1. The molecule has 6 nitrogen and oxygen atoms in total. The van der Waals surface area contributed by atoms with E-state index in [0.29, 0.717) is 29.4 Å². The summed E-state index contributed by atoms with van der Waals surface area (Å²) in [6, 6.07) is 10.1. The first-order valence-corrected chi connectivity index (χ1v) is 12.1. The molecule has 0 saturated heterocycles. The van der Waals surface area contributed by atoms with Crippen LogP contribution in [0.15, 0.2) is 71.8 Å². The molecule has 196 valence electrons. The maximum absolute atomic E-state index is 12.3. The number of carbonyl (C=O) groups is 2. The lowest BCUT2D eigenvalue weighted by Gasteiger charge is -2.10. The zero-order valence-corrected chi connectivity index (χ0v) is 22.2. The molecule has 0 spiro atoms. The molecule has 0 aliphatic carbocycles. The molecule has 0 unspecified atom stereocenters. The van der Waals surface area contributed by atoms with Gasteiger partial charge in [-0.1, -0.05) is 41.5 Å². The van der Waals surface area contributed by atoms with Crippen LogP contribution in [-0.2, 0) is 9.59 Å². The Kier molecular flexibility index (Phi) is 11.9. The van der Waals surface area contributed by atoms with Crippen molar-refractivity contribution in [2.45, 2.75) is 40.0 Å². The summed E-state index contributed by atoms with van der Waals surface area (Å²) in [6.07, 6.45) is 12.0. The Morgan fingerprint density at radius 3 is 2.00 bits per heavy atom. The van der Waals surface area contributed by atoms with Crippen molar-refractivity contribution in [3.05, 3.63) is 83.0 Å². The van der Waals surface area contributed by atoms with Crippen LogP contribution >= 0.6 is 0 Å². The zero-order valence-electron chi connectivity index (χ0n) is 22.2. The zero-order chi connectivity index (χ0) is 27.2. The minimum absolute atomic E-state index is 0.0141. The van der Waals surface area contributed by atoms with E-state index in [4.69, 9.17) is 14.2 Å². The van der Waals surface area contributed by atoms with Crippen LogP contribution in [0.1, 0.15) is 51.2 Å². The normalized spacial score (nSPS) is 11.5. The third-order valence-corrected chi connectivity index (χ3v) is 5.43. The van der Waals surface area contributed by atoms with Crippen molar-refractivity contribution < 1.29 is 28.9 Å². The van der Waals surface area contributed by atoms with Crippen molar-refractivity contribution in [2.75, 3.05) is 20.8 Å². The second-order valence-electron chi connectivity index (χ2n) is 8.80. The molecule has 0 amide bonds. The van der Waals surface area contributed by atoms with Crippen LogP contribution in [-0.4, -0.2) is 37.5 Å². The van der Waals surface area contributed by atoms with Crippen LogP contribution in [0.5, 0.6) is 23.0 Å². The third-order valence-electron chi connectivity index (χ3n) is 5.43. The lowest BCUT2D eigenvalue weighted by Crippen LogP contribution is -2.02. The smallest absolute Gasteiger partial charge is 0.163 e. The van der Waals surface area contributed by atoms with Gasteiger partial charge in [-0.2, -0.15) is 0 Å². The molecule has 37 heavy (non-hydrogen) atoms. The lowest BCUT2D eigenvalue weighted by molar-refractivity contribution is -0.121. The molecule has 0 fully saturated rings. The molecular weight excluding hydrogens is 468 g/mol. The van der Waals surface area contributed by atoms with E-state index in [9.17, 15) is 14.7 Å². The van der Waals surface area contributed by atoms with Gasteiger partial charge in [0.1, 0.15) is 6.61 Å². The Labute approximate surface area is 219 Å². The number of benzene rings is 2. The largest absolute Gasteiger partial charge is 0.504 e. The van der Waals surface area contributed by atoms with E-state index in [1.165, 1.54) is 36.5 Å². The van der Waals surface area contributed by atoms with Gasteiger partial charge in [-0.25, -0.2) is 0 Å². The number of ether oxygens (including phenoxy) is 3. The minimum atomic E-state index is -0.327. The standard InChI is InChI=1S/C31H36O6/c1-22(2)7-6-8-23(3)17-18-37-29-16-12-25(20-31(29)36-5)10-14-27(33)21-26(32)13-9-24-11-15-28(34)30(19-24)35-4/h7,9-17,19-20,34H,6,8,18,21H2,1-5H3. The van der Waals surface area contributed by atoms with Crippen molar-refractivity contribution in [3.63, 3.8) is 0 Å². The van der Waals surface area contributed by atoms with E-state index in [2.05, 4.69) is 32.9 Å². The number of phenols is 1. The van der Waals surface area contributed by atoms with Crippen molar-refractivity contribution in [1.82, 2.24) is 0 Å². The van der Waals surface area contributed by atoms with Gasteiger partial charge in [0.05, 0.1) is 20.6 Å². The summed E-state index contributed by atoms with van der Waals surface area (Å²) < 4.78 is 16.4. The van der Waals surface area contributed by atoms with Crippen LogP contribution in [0.4, 0.5) is 0 Å². The molecule has 1 N–H and O–H groups in total. The fraction of sp³-hybridized carbons (Fsp3) is 0.290. The van der Waals surface area contributed by atoms with Gasteiger partial charge < -0.3 is 19.3 Å². The van der Waals surface area contributed by atoms with Crippen molar-refractivity contribution >= 4 is 23.7 Å². The second-order valence-corrected chi connectivity index (χ2v) is 8.80. The molecule has 2 aromatic carbocycles. The predicted octanol–water partition coefficient (Wildman–Crippen LogP) is 6.74. The van der Waals surface area contributed by atoms with Crippen molar-refractivity contribution in [1.29, 1.82) is 0 Å². The Bertz CT molecular complexity index is 1200. The third kappa shape index (κ3) is 10.6. The average molecular weight is 505 g/mol. The van der Waals surface area contributed by atoms with Crippen LogP contribution < -0.4 is 14.2 Å². The van der Waals surface area contributed by atoms with Gasteiger partial charge >= 0.3 is 0 Å². The van der Waals surface area contributed by atoms with Gasteiger partial charge in [0.25, 0.3) is 0 Å². The Morgan fingerprint density at radius 2 is 1.41 bits per heavy atom. The maximum Gasteiger partial charge on any atom is 0.163 e. The SMILES string of the molecule is COc1cc(C=CC(=O)CC(=O)C=Cc2ccc(OCC=C(C)CCC=C(C)C)c(OC)c2)ccc1O. The average Bonchev–Trinajstić information content (AvgIpc) is 2.87. The molecule has 0 aromatic heterocycles. The molecule has 6 heteroatoms. The molecule has 0 heterocycles. The van der Waals surface area contributed by atoms with Crippen molar-refractivity contribution in [2.24, 2.45) is 0 Å². The lowest BCUT2D eigenvalue weighted by atomic mass is 10.1. The van der Waals surface area contributed by atoms with Crippen LogP contribution in [0, 0.1) is 0 Å². The molecule has 0 aliphatic rings. The molecule has 0 radical (unpaired) electrons. The monoisotopic (exact) mass is 504 g/mol. The highest BCUT2D eigenvalue weighted by atomic mass is 16.5. The first-order chi connectivity index (χ1) is 17.7. The summed E-state index contributed by atoms with van der Waals surface area (Å²) in [6.45, 7) is 6.73. The van der Waals surface area contributed by atoms with Gasteiger partial charge in [0, 0.05) is 0 Å². The van der Waals surface area contributed by atoms with E-state index in [0.717, 1.165) is 18.4 Å². The van der Waals surface area contributed by atoms with Gasteiger partial charge in [-0.15, -0.1) is 0 Å². The van der Waals surface area contributed by atoms with E-state index in [1.807, 2.05) is 6.07 Å². The molecule has 0 atom stereocenters. The number of hydrogen-bond acceptors (Lipinski definition) is 6. The van der Waals surface area contributed by atoms with Gasteiger partial charge in [-0.05, 0) is 87.2 Å². The first kappa shape index (κ1) is 29.2. The molecule has 0 aliphatic heterocycles. The highest BCUT2D eigenvalue weighted by Gasteiger charge is 2.07. The summed E-state index contributed by atoms with van der Waals surface area (Å²) in [5, 5.41) is 9.64.